The summed E-state index contributed by atoms with van der Waals surface area (Å²) in [7, 11) is 0. The zero-order chi connectivity index (χ0) is 25.6. The summed E-state index contributed by atoms with van der Waals surface area (Å²) in [5.41, 5.74) is -1.19. The van der Waals surface area contributed by atoms with Crippen molar-refractivity contribution in [2.24, 2.45) is 17.3 Å². The number of benzene rings is 1. The second-order valence-electron chi connectivity index (χ2n) is 11.0. The van der Waals surface area contributed by atoms with Gasteiger partial charge in [0, 0.05) is 19.9 Å². The Kier molecular flexibility index (Phi) is 6.60. The van der Waals surface area contributed by atoms with Crippen molar-refractivity contribution in [1.29, 1.82) is 0 Å². The lowest BCUT2D eigenvalue weighted by molar-refractivity contribution is -0.284. The first kappa shape index (κ1) is 25.4. The van der Waals surface area contributed by atoms with Crippen LogP contribution in [0.15, 0.2) is 36.4 Å². The lowest BCUT2D eigenvalue weighted by Crippen LogP contribution is -2.71. The summed E-state index contributed by atoms with van der Waals surface area (Å²) in [6.45, 7) is 10.9. The van der Waals surface area contributed by atoms with E-state index in [1.807, 2.05) is 37.3 Å². The van der Waals surface area contributed by atoms with Crippen LogP contribution in [0.3, 0.4) is 0 Å². The van der Waals surface area contributed by atoms with Gasteiger partial charge in [-0.15, -0.1) is 0 Å². The van der Waals surface area contributed by atoms with Gasteiger partial charge in [-0.1, -0.05) is 37.3 Å². The molecule has 2 bridgehead atoms. The maximum absolute atomic E-state index is 13.1. The first-order valence-electron chi connectivity index (χ1n) is 12.4. The molecular weight excluding hydrogens is 448 g/mol. The highest BCUT2D eigenvalue weighted by molar-refractivity contribution is 5.87. The molecule has 2 saturated carbocycles. The molecule has 190 valence electrons. The van der Waals surface area contributed by atoms with Crippen LogP contribution in [-0.2, 0) is 33.3 Å². The van der Waals surface area contributed by atoms with E-state index in [1.165, 1.54) is 19.9 Å². The monoisotopic (exact) mass is 484 g/mol. The molecule has 0 aromatic heterocycles. The summed E-state index contributed by atoms with van der Waals surface area (Å²) in [4.78, 5) is 37.3. The standard InChI is InChI=1S/C28H36O7/c1-17-14-22(32-18(2)29)25(34-24(31)13-12-20-10-8-7-9-11-20)27(6)23(33-19(3)30)15-21-16-28(17,27)35-26(21,4)5/h7-13,17,21-23,25H,14-16H2,1-6H3. The SMILES string of the molecule is CC(=O)OC1CC(C)C23CC(CC(OC(C)=O)C2(C)C1OC(=O)C=Cc1ccccc1)C(C)(C)O3. The van der Waals surface area contributed by atoms with Gasteiger partial charge in [-0.3, -0.25) is 9.59 Å². The van der Waals surface area contributed by atoms with E-state index in [1.54, 1.807) is 6.08 Å². The molecule has 7 nitrogen and oxygen atoms in total. The highest BCUT2D eigenvalue weighted by atomic mass is 16.6. The third kappa shape index (κ3) is 4.39. The zero-order valence-electron chi connectivity index (χ0n) is 21.4. The van der Waals surface area contributed by atoms with Gasteiger partial charge in [-0.25, -0.2) is 4.79 Å². The molecule has 7 heteroatoms. The van der Waals surface area contributed by atoms with Crippen LogP contribution in [0.4, 0.5) is 0 Å². The highest BCUT2D eigenvalue weighted by Gasteiger charge is 2.75. The van der Waals surface area contributed by atoms with Crippen molar-refractivity contribution in [2.45, 2.75) is 90.3 Å². The van der Waals surface area contributed by atoms with Crippen molar-refractivity contribution in [2.75, 3.05) is 0 Å². The number of hydrogen-bond donors (Lipinski definition) is 0. The van der Waals surface area contributed by atoms with E-state index < -0.39 is 52.8 Å². The number of esters is 3. The third-order valence-electron chi connectivity index (χ3n) is 8.45. The predicted octanol–water partition coefficient (Wildman–Crippen LogP) is 4.48. The highest BCUT2D eigenvalue weighted by Crippen LogP contribution is 2.67. The lowest BCUT2D eigenvalue weighted by atomic mass is 9.49. The molecule has 1 aromatic rings. The maximum atomic E-state index is 13.1. The van der Waals surface area contributed by atoms with Crippen molar-refractivity contribution in [3.63, 3.8) is 0 Å². The third-order valence-corrected chi connectivity index (χ3v) is 8.45. The molecule has 1 aromatic carbocycles. The fourth-order valence-electron chi connectivity index (χ4n) is 6.77. The van der Waals surface area contributed by atoms with Crippen molar-refractivity contribution in [3.05, 3.63) is 42.0 Å². The molecule has 1 saturated heterocycles. The van der Waals surface area contributed by atoms with Gasteiger partial charge in [0.2, 0.25) is 0 Å². The van der Waals surface area contributed by atoms with Gasteiger partial charge in [0.25, 0.3) is 0 Å². The van der Waals surface area contributed by atoms with Gasteiger partial charge in [0.15, 0.2) is 6.10 Å². The van der Waals surface area contributed by atoms with Gasteiger partial charge in [0.1, 0.15) is 12.2 Å². The van der Waals surface area contributed by atoms with Crippen LogP contribution in [0, 0.1) is 17.3 Å². The summed E-state index contributed by atoms with van der Waals surface area (Å²) >= 11 is 0. The largest absolute Gasteiger partial charge is 0.462 e. The first-order valence-corrected chi connectivity index (χ1v) is 12.4. The van der Waals surface area contributed by atoms with E-state index in [2.05, 4.69) is 20.8 Å². The van der Waals surface area contributed by atoms with Gasteiger partial charge in [0.05, 0.1) is 16.6 Å². The fraction of sp³-hybridized carbons (Fsp3) is 0.607. The average molecular weight is 485 g/mol. The Morgan fingerprint density at radius 2 is 1.63 bits per heavy atom. The molecule has 1 heterocycles. The van der Waals surface area contributed by atoms with Gasteiger partial charge in [-0.2, -0.15) is 0 Å². The smallest absolute Gasteiger partial charge is 0.331 e. The van der Waals surface area contributed by atoms with Crippen LogP contribution in [0.25, 0.3) is 6.08 Å². The Balaban J connectivity index is 1.75. The van der Waals surface area contributed by atoms with E-state index in [0.29, 0.717) is 12.8 Å². The van der Waals surface area contributed by atoms with Crippen LogP contribution in [0.1, 0.15) is 66.4 Å². The molecular formula is C28H36O7. The Hall–Kier alpha value is -2.67. The molecule has 35 heavy (non-hydrogen) atoms. The van der Waals surface area contributed by atoms with Crippen LogP contribution < -0.4 is 0 Å². The van der Waals surface area contributed by atoms with Crippen molar-refractivity contribution >= 4 is 24.0 Å². The predicted molar refractivity (Wildman–Crippen MR) is 129 cm³/mol. The molecule has 1 spiro atoms. The van der Waals surface area contributed by atoms with E-state index >= 15 is 0 Å². The van der Waals surface area contributed by atoms with E-state index in [9.17, 15) is 14.4 Å². The molecule has 7 unspecified atom stereocenters. The number of carbonyl (C=O) groups is 3. The van der Waals surface area contributed by atoms with Gasteiger partial charge in [-0.05, 0) is 63.5 Å². The fourth-order valence-corrected chi connectivity index (χ4v) is 6.77. The quantitative estimate of drug-likeness (QED) is 0.346. The Morgan fingerprint density at radius 3 is 2.26 bits per heavy atom. The lowest BCUT2D eigenvalue weighted by Gasteiger charge is -2.61. The summed E-state index contributed by atoms with van der Waals surface area (Å²) in [6.07, 6.45) is 2.78. The number of hydrogen-bond acceptors (Lipinski definition) is 7. The molecule has 2 aliphatic carbocycles. The topological polar surface area (TPSA) is 88.1 Å². The molecule has 1 aliphatic heterocycles. The summed E-state index contributed by atoms with van der Waals surface area (Å²) in [5.74, 6) is -1.24. The molecule has 0 N–H and O–H groups in total. The molecule has 0 radical (unpaired) electrons. The molecule has 3 aliphatic rings. The average Bonchev–Trinajstić information content (AvgIpc) is 3.01. The van der Waals surface area contributed by atoms with Gasteiger partial charge >= 0.3 is 17.9 Å². The molecule has 7 atom stereocenters. The minimum atomic E-state index is -0.920. The van der Waals surface area contributed by atoms with Crippen LogP contribution in [0.2, 0.25) is 0 Å². The van der Waals surface area contributed by atoms with E-state index in [-0.39, 0.29) is 11.8 Å². The minimum Gasteiger partial charge on any atom is -0.462 e. The molecule has 3 fully saturated rings. The molecule has 0 amide bonds. The van der Waals surface area contributed by atoms with Crippen LogP contribution in [-0.4, -0.2) is 47.4 Å². The van der Waals surface area contributed by atoms with Crippen molar-refractivity contribution in [1.82, 2.24) is 0 Å². The normalized spacial score (nSPS) is 37.4. The number of rotatable bonds is 5. The molecule has 4 rings (SSSR count). The Labute approximate surface area is 207 Å². The van der Waals surface area contributed by atoms with Crippen LogP contribution >= 0.6 is 0 Å². The number of carbonyl (C=O) groups excluding carboxylic acids is 3. The summed E-state index contributed by atoms with van der Waals surface area (Å²) < 4.78 is 24.6. The van der Waals surface area contributed by atoms with Crippen molar-refractivity contribution in [3.8, 4) is 0 Å². The van der Waals surface area contributed by atoms with E-state index in [0.717, 1.165) is 12.0 Å². The number of ether oxygens (including phenoxy) is 4. The second-order valence-corrected chi connectivity index (χ2v) is 11.0. The van der Waals surface area contributed by atoms with Gasteiger partial charge < -0.3 is 18.9 Å². The zero-order valence-corrected chi connectivity index (χ0v) is 21.4. The minimum absolute atomic E-state index is 0.0192. The summed E-state index contributed by atoms with van der Waals surface area (Å²) in [6, 6.07) is 9.44. The Morgan fingerprint density at radius 1 is 0.971 bits per heavy atom. The van der Waals surface area contributed by atoms with E-state index in [4.69, 9.17) is 18.9 Å². The number of fused-ring (bicyclic) bond motifs is 1. The second kappa shape index (κ2) is 9.08. The maximum Gasteiger partial charge on any atom is 0.331 e. The van der Waals surface area contributed by atoms with Crippen LogP contribution in [0.5, 0.6) is 0 Å². The first-order chi connectivity index (χ1) is 16.4. The Bertz CT molecular complexity index is 1020. The van der Waals surface area contributed by atoms with Crippen molar-refractivity contribution < 1.29 is 33.3 Å². The summed E-state index contributed by atoms with van der Waals surface area (Å²) in [5, 5.41) is 0.